The van der Waals surface area contributed by atoms with E-state index in [1.54, 1.807) is 70.5 Å². The number of alkyl carbamates (subject to hydrolysis) is 2. The van der Waals surface area contributed by atoms with Crippen molar-refractivity contribution in [3.05, 3.63) is 51.3 Å². The monoisotopic (exact) mass is 775 g/mol. The summed E-state index contributed by atoms with van der Waals surface area (Å²) in [5.41, 5.74) is -0.798. The molecule has 0 radical (unpaired) electrons. The third-order valence-electron chi connectivity index (χ3n) is 7.49. The summed E-state index contributed by atoms with van der Waals surface area (Å²) in [6.45, 7) is 10.4. The SMILES string of the molecule is CNC(=O)[C@H](CCCCN=C(NC(=O)OC(C)(C)C)NC(=O)OC(C)(C)C)NC(=O)c1csc([C@H]2C[C@H](O)CN2C(=O)c2cn3cc(Cl)ccc3n2)n1. The number of guanidine groups is 1. The fraction of sp³-hybridized carbons (Fsp3) is 0.529. The summed E-state index contributed by atoms with van der Waals surface area (Å²) < 4.78 is 12.2. The molecule has 5 N–H and O–H groups in total. The van der Waals surface area contributed by atoms with Crippen LogP contribution in [0.3, 0.4) is 0 Å². The van der Waals surface area contributed by atoms with Crippen molar-refractivity contribution < 1.29 is 38.6 Å². The second kappa shape index (κ2) is 17.3. The lowest BCUT2D eigenvalue weighted by atomic mass is 10.1. The van der Waals surface area contributed by atoms with Crippen LogP contribution in [0.4, 0.5) is 9.59 Å². The fourth-order valence-corrected chi connectivity index (χ4v) is 6.36. The van der Waals surface area contributed by atoms with E-state index in [1.807, 2.05) is 0 Å². The number of aliphatic imine (C=N–C) groups is 1. The molecule has 1 saturated heterocycles. The zero-order valence-corrected chi connectivity index (χ0v) is 32.3. The standard InChI is InChI=1S/C34H46ClN9O8S/c1-33(2,3)51-31(49)41-30(42-32(50)52-34(4,5)6)37-13-9-8-10-21(26(46)36-7)39-27(47)23-18-53-28(40-23)24-14-20(45)16-44(24)29(48)22-17-43-15-19(35)11-12-25(43)38-22/h11-12,15,17-18,20-21,24,45H,8-10,13-14,16H2,1-7H3,(H,36,46)(H,39,47)(H2,37,41,42,49,50)/t20-,21-,24+/m0/s1. The quantitative estimate of drug-likeness (QED) is 0.114. The van der Waals surface area contributed by atoms with Gasteiger partial charge in [0, 0.05) is 44.3 Å². The van der Waals surface area contributed by atoms with Crippen LogP contribution in [0.2, 0.25) is 5.02 Å². The molecule has 1 fully saturated rings. The Morgan fingerprint density at radius 3 is 2.28 bits per heavy atom. The number of unbranched alkanes of at least 4 members (excludes halogenated alkanes) is 1. The van der Waals surface area contributed by atoms with Crippen molar-refractivity contribution in [2.75, 3.05) is 20.1 Å². The van der Waals surface area contributed by atoms with Gasteiger partial charge in [0.2, 0.25) is 11.9 Å². The number of rotatable bonds is 10. The minimum atomic E-state index is -0.907. The number of aliphatic hydroxyl groups is 1. The third-order valence-corrected chi connectivity index (χ3v) is 8.66. The Balaban J connectivity index is 1.37. The second-order valence-corrected chi connectivity index (χ2v) is 15.6. The molecule has 4 heterocycles. The number of imidazole rings is 1. The van der Waals surface area contributed by atoms with Gasteiger partial charge in [-0.15, -0.1) is 11.3 Å². The van der Waals surface area contributed by atoms with Crippen LogP contribution in [0.25, 0.3) is 5.65 Å². The average Bonchev–Trinajstić information content (AvgIpc) is 3.79. The maximum atomic E-state index is 13.5. The molecule has 1 aliphatic heterocycles. The molecular formula is C34H46ClN9O8S. The number of nitrogens with zero attached hydrogens (tertiary/aromatic N) is 5. The summed E-state index contributed by atoms with van der Waals surface area (Å²) in [6.07, 6.45) is 2.10. The Hall–Kier alpha value is -4.81. The van der Waals surface area contributed by atoms with Crippen LogP contribution in [0.1, 0.15) is 99.3 Å². The molecule has 1 aliphatic rings. The van der Waals surface area contributed by atoms with Gasteiger partial charge in [0.15, 0.2) is 0 Å². The lowest BCUT2D eigenvalue weighted by molar-refractivity contribution is -0.122. The van der Waals surface area contributed by atoms with Crippen LogP contribution in [0.15, 0.2) is 34.9 Å². The number of β-amino-alcohol motifs (C(OH)–C–C–N with tert-alkyl or cyclic N) is 1. The number of ether oxygens (including phenoxy) is 2. The van der Waals surface area contributed by atoms with Crippen molar-refractivity contribution in [1.29, 1.82) is 0 Å². The molecule has 0 unspecified atom stereocenters. The maximum absolute atomic E-state index is 13.5. The molecule has 3 atom stereocenters. The number of fused-ring (bicyclic) bond motifs is 1. The first-order valence-electron chi connectivity index (χ1n) is 17.0. The molecule has 53 heavy (non-hydrogen) atoms. The van der Waals surface area contributed by atoms with Crippen molar-refractivity contribution >= 4 is 64.5 Å². The third kappa shape index (κ3) is 12.1. The van der Waals surface area contributed by atoms with Crippen LogP contribution in [0, 0.1) is 0 Å². The van der Waals surface area contributed by atoms with Gasteiger partial charge in [-0.3, -0.25) is 30.0 Å². The largest absolute Gasteiger partial charge is 0.444 e. The summed E-state index contributed by atoms with van der Waals surface area (Å²) >= 11 is 7.24. The second-order valence-electron chi connectivity index (χ2n) is 14.3. The Morgan fingerprint density at radius 2 is 1.66 bits per heavy atom. The number of amides is 5. The zero-order chi connectivity index (χ0) is 39.1. The van der Waals surface area contributed by atoms with Gasteiger partial charge < -0.3 is 34.5 Å². The number of hydrogen-bond donors (Lipinski definition) is 5. The maximum Gasteiger partial charge on any atom is 0.414 e. The average molecular weight is 776 g/mol. The number of hydrogen-bond acceptors (Lipinski definition) is 12. The Morgan fingerprint density at radius 1 is 1.00 bits per heavy atom. The highest BCUT2D eigenvalue weighted by Gasteiger charge is 2.39. The molecule has 288 valence electrons. The van der Waals surface area contributed by atoms with Crippen LogP contribution in [-0.4, -0.2) is 104 Å². The molecule has 0 aromatic carbocycles. The van der Waals surface area contributed by atoms with Gasteiger partial charge in [0.05, 0.1) is 17.2 Å². The predicted molar refractivity (Wildman–Crippen MR) is 197 cm³/mol. The van der Waals surface area contributed by atoms with Crippen LogP contribution >= 0.6 is 22.9 Å². The van der Waals surface area contributed by atoms with Crippen molar-refractivity contribution in [3.63, 3.8) is 0 Å². The molecule has 0 bridgehead atoms. The van der Waals surface area contributed by atoms with E-state index < -0.39 is 59.3 Å². The van der Waals surface area contributed by atoms with Crippen LogP contribution < -0.4 is 21.3 Å². The fourth-order valence-electron chi connectivity index (χ4n) is 5.27. The first-order chi connectivity index (χ1) is 24.8. The van der Waals surface area contributed by atoms with Crippen LogP contribution in [0.5, 0.6) is 0 Å². The molecule has 0 saturated carbocycles. The number of aliphatic hydroxyl groups excluding tert-OH is 1. The number of thiazole rings is 1. The number of carbonyl (C=O) groups excluding carboxylic acids is 5. The molecule has 3 aromatic rings. The first kappa shape index (κ1) is 41.0. The van der Waals surface area contributed by atoms with E-state index in [1.165, 1.54) is 28.7 Å². The zero-order valence-electron chi connectivity index (χ0n) is 30.7. The highest BCUT2D eigenvalue weighted by atomic mass is 35.5. The minimum absolute atomic E-state index is 0.0609. The molecule has 19 heteroatoms. The van der Waals surface area contributed by atoms with Gasteiger partial charge in [0.25, 0.3) is 11.8 Å². The molecular weight excluding hydrogens is 730 g/mol. The Kier molecular flexibility index (Phi) is 13.4. The van der Waals surface area contributed by atoms with Crippen molar-refractivity contribution in [2.45, 2.75) is 96.6 Å². The Bertz CT molecular complexity index is 1820. The lowest BCUT2D eigenvalue weighted by Crippen LogP contribution is -2.47. The molecule has 5 amide bonds. The topological polar surface area (TPSA) is 218 Å². The van der Waals surface area contributed by atoms with E-state index in [2.05, 4.69) is 36.2 Å². The molecule has 4 rings (SSSR count). The number of aromatic nitrogens is 3. The number of halogens is 1. The summed E-state index contributed by atoms with van der Waals surface area (Å²) in [5.74, 6) is -1.56. The number of nitrogens with one attached hydrogen (secondary N) is 4. The highest BCUT2D eigenvalue weighted by molar-refractivity contribution is 7.09. The van der Waals surface area contributed by atoms with E-state index in [0.29, 0.717) is 28.5 Å². The van der Waals surface area contributed by atoms with Gasteiger partial charge in [0.1, 0.15) is 39.3 Å². The predicted octanol–water partition coefficient (Wildman–Crippen LogP) is 3.81. The van der Waals surface area contributed by atoms with E-state index in [0.717, 1.165) is 0 Å². The van der Waals surface area contributed by atoms with Gasteiger partial charge >= 0.3 is 12.2 Å². The van der Waals surface area contributed by atoms with E-state index in [4.69, 9.17) is 21.1 Å². The van der Waals surface area contributed by atoms with Crippen LogP contribution in [-0.2, 0) is 14.3 Å². The number of likely N-dealkylation sites (N-methyl/N-ethyl adjacent to an activating group) is 1. The number of pyridine rings is 1. The summed E-state index contributed by atoms with van der Waals surface area (Å²) in [5, 5.41) is 23.1. The summed E-state index contributed by atoms with van der Waals surface area (Å²) in [4.78, 5) is 78.9. The van der Waals surface area contributed by atoms with Gasteiger partial charge in [-0.25, -0.2) is 19.6 Å². The first-order valence-corrected chi connectivity index (χ1v) is 18.2. The summed E-state index contributed by atoms with van der Waals surface area (Å²) in [7, 11) is 1.46. The van der Waals surface area contributed by atoms with Crippen molar-refractivity contribution in [3.8, 4) is 0 Å². The molecule has 0 aliphatic carbocycles. The lowest BCUT2D eigenvalue weighted by Gasteiger charge is -2.22. The normalized spacial score (nSPS) is 16.4. The number of likely N-dealkylation sites (tertiary alicyclic amines) is 1. The molecule has 3 aromatic heterocycles. The minimum Gasteiger partial charge on any atom is -0.444 e. The van der Waals surface area contributed by atoms with Crippen molar-refractivity contribution in [1.82, 2.24) is 40.5 Å². The smallest absolute Gasteiger partial charge is 0.414 e. The van der Waals surface area contributed by atoms with Gasteiger partial charge in [-0.05, 0) is 72.9 Å². The van der Waals surface area contributed by atoms with Gasteiger partial charge in [-0.2, -0.15) is 0 Å². The van der Waals surface area contributed by atoms with Crippen molar-refractivity contribution in [2.24, 2.45) is 4.99 Å². The van der Waals surface area contributed by atoms with Gasteiger partial charge in [-0.1, -0.05) is 11.6 Å². The van der Waals surface area contributed by atoms with E-state index in [9.17, 15) is 29.1 Å². The molecule has 0 spiro atoms. The number of carbonyl (C=O) groups is 5. The Labute approximate surface area is 315 Å². The van der Waals surface area contributed by atoms with E-state index in [-0.39, 0.29) is 43.3 Å². The summed E-state index contributed by atoms with van der Waals surface area (Å²) in [6, 6.07) is 1.86. The molecule has 17 nitrogen and oxygen atoms in total. The van der Waals surface area contributed by atoms with E-state index >= 15 is 0 Å². The highest BCUT2D eigenvalue weighted by Crippen LogP contribution is 2.35.